The lowest BCUT2D eigenvalue weighted by Gasteiger charge is -2.10. The van der Waals surface area contributed by atoms with Crippen LogP contribution in [0, 0.1) is 19.7 Å². The SMILES string of the molecule is Cc1ccc(OCCNC(=O)CCC(=O)c2ccc(F)cc2)c(C)c1. The van der Waals surface area contributed by atoms with Crippen LogP contribution in [0.15, 0.2) is 42.5 Å². The van der Waals surface area contributed by atoms with Gasteiger partial charge in [-0.1, -0.05) is 17.7 Å². The molecule has 0 bridgehead atoms. The number of benzene rings is 2. The summed E-state index contributed by atoms with van der Waals surface area (Å²) in [5.41, 5.74) is 2.63. The van der Waals surface area contributed by atoms with Crippen LogP contribution in [0.25, 0.3) is 0 Å². The topological polar surface area (TPSA) is 55.4 Å². The Morgan fingerprint density at radius 1 is 1.04 bits per heavy atom. The Morgan fingerprint density at radius 3 is 2.44 bits per heavy atom. The largest absolute Gasteiger partial charge is 0.491 e. The highest BCUT2D eigenvalue weighted by Crippen LogP contribution is 2.18. The Kier molecular flexibility index (Phi) is 6.69. The summed E-state index contributed by atoms with van der Waals surface area (Å²) in [5.74, 6) is 0.0193. The van der Waals surface area contributed by atoms with E-state index in [0.717, 1.165) is 11.3 Å². The van der Waals surface area contributed by atoms with Crippen LogP contribution < -0.4 is 10.1 Å². The second-order valence-electron chi connectivity index (χ2n) is 5.90. The molecule has 0 saturated carbocycles. The lowest BCUT2D eigenvalue weighted by atomic mass is 10.1. The van der Waals surface area contributed by atoms with E-state index < -0.39 is 5.82 Å². The van der Waals surface area contributed by atoms with Crippen LogP contribution in [0.5, 0.6) is 5.75 Å². The van der Waals surface area contributed by atoms with E-state index in [1.165, 1.54) is 29.8 Å². The van der Waals surface area contributed by atoms with Crippen LogP contribution in [0.2, 0.25) is 0 Å². The number of Topliss-reactive ketones (excluding diaryl/α,β-unsaturated/α-hetero) is 1. The Bertz CT molecular complexity index is 741. The highest BCUT2D eigenvalue weighted by atomic mass is 19.1. The Hall–Kier alpha value is -2.69. The summed E-state index contributed by atoms with van der Waals surface area (Å²) in [4.78, 5) is 23.7. The molecule has 0 aliphatic heterocycles. The Morgan fingerprint density at radius 2 is 1.76 bits per heavy atom. The number of hydrogen-bond donors (Lipinski definition) is 1. The maximum Gasteiger partial charge on any atom is 0.220 e. The molecule has 132 valence electrons. The third-order valence-corrected chi connectivity index (χ3v) is 3.76. The predicted octanol–water partition coefficient (Wildman–Crippen LogP) is 3.60. The standard InChI is InChI=1S/C20H22FNO3/c1-14-3-9-19(15(2)13-14)25-12-11-22-20(24)10-8-18(23)16-4-6-17(21)7-5-16/h3-7,9,13H,8,10-12H2,1-2H3,(H,22,24). The fourth-order valence-corrected chi connectivity index (χ4v) is 2.41. The van der Waals surface area contributed by atoms with E-state index in [2.05, 4.69) is 5.32 Å². The lowest BCUT2D eigenvalue weighted by molar-refractivity contribution is -0.121. The van der Waals surface area contributed by atoms with Crippen LogP contribution in [0.4, 0.5) is 4.39 Å². The average Bonchev–Trinajstić information content (AvgIpc) is 2.58. The molecule has 2 rings (SSSR count). The van der Waals surface area contributed by atoms with Crippen LogP contribution in [-0.4, -0.2) is 24.8 Å². The van der Waals surface area contributed by atoms with Gasteiger partial charge in [0.15, 0.2) is 5.78 Å². The molecule has 4 nitrogen and oxygen atoms in total. The molecule has 0 heterocycles. The molecule has 0 aliphatic carbocycles. The van der Waals surface area contributed by atoms with Gasteiger partial charge in [-0.05, 0) is 49.7 Å². The maximum atomic E-state index is 12.8. The lowest BCUT2D eigenvalue weighted by Crippen LogP contribution is -2.28. The second kappa shape index (κ2) is 8.97. The number of hydrogen-bond acceptors (Lipinski definition) is 3. The molecule has 1 N–H and O–H groups in total. The number of aryl methyl sites for hydroxylation is 2. The Balaban J connectivity index is 1.67. The maximum absolute atomic E-state index is 12.8. The van der Waals surface area contributed by atoms with Gasteiger partial charge >= 0.3 is 0 Å². The third kappa shape index (κ3) is 6.03. The number of ketones is 1. The van der Waals surface area contributed by atoms with Gasteiger partial charge in [-0.2, -0.15) is 0 Å². The van der Waals surface area contributed by atoms with Crippen molar-refractivity contribution in [3.63, 3.8) is 0 Å². The summed E-state index contributed by atoms with van der Waals surface area (Å²) in [6.07, 6.45) is 0.190. The summed E-state index contributed by atoms with van der Waals surface area (Å²) in [7, 11) is 0. The van der Waals surface area contributed by atoms with E-state index in [-0.39, 0.29) is 24.5 Å². The van der Waals surface area contributed by atoms with Gasteiger partial charge in [0, 0.05) is 18.4 Å². The minimum atomic E-state index is -0.391. The summed E-state index contributed by atoms with van der Waals surface area (Å²) < 4.78 is 18.4. The zero-order valence-electron chi connectivity index (χ0n) is 14.5. The monoisotopic (exact) mass is 343 g/mol. The van der Waals surface area contributed by atoms with Gasteiger partial charge in [0.05, 0.1) is 6.54 Å². The number of rotatable bonds is 8. The molecule has 0 radical (unpaired) electrons. The van der Waals surface area contributed by atoms with E-state index in [1.54, 1.807) is 0 Å². The normalized spacial score (nSPS) is 10.4. The van der Waals surface area contributed by atoms with E-state index in [9.17, 15) is 14.0 Å². The number of ether oxygens (including phenoxy) is 1. The van der Waals surface area contributed by atoms with Gasteiger partial charge in [0.1, 0.15) is 18.2 Å². The molecule has 0 unspecified atom stereocenters. The molecule has 0 saturated heterocycles. The molecule has 0 fully saturated rings. The van der Waals surface area contributed by atoms with Crippen molar-refractivity contribution < 1.29 is 18.7 Å². The second-order valence-corrected chi connectivity index (χ2v) is 5.90. The highest BCUT2D eigenvalue weighted by Gasteiger charge is 2.09. The van der Waals surface area contributed by atoms with Crippen LogP contribution in [0.3, 0.4) is 0 Å². The number of amides is 1. The van der Waals surface area contributed by atoms with E-state index in [4.69, 9.17) is 4.74 Å². The average molecular weight is 343 g/mol. The van der Waals surface area contributed by atoms with Gasteiger partial charge in [-0.25, -0.2) is 4.39 Å². The first-order chi connectivity index (χ1) is 12.0. The molecular formula is C20H22FNO3. The summed E-state index contributed by atoms with van der Waals surface area (Å²) in [6.45, 7) is 4.73. The van der Waals surface area contributed by atoms with Crippen molar-refractivity contribution in [3.8, 4) is 5.75 Å². The number of nitrogens with one attached hydrogen (secondary N) is 1. The van der Waals surface area contributed by atoms with Crippen LogP contribution in [0.1, 0.15) is 34.3 Å². The van der Waals surface area contributed by atoms with Crippen LogP contribution in [-0.2, 0) is 4.79 Å². The molecule has 0 aliphatic rings. The molecule has 0 atom stereocenters. The molecule has 5 heteroatoms. The van der Waals surface area contributed by atoms with Crippen molar-refractivity contribution >= 4 is 11.7 Å². The third-order valence-electron chi connectivity index (χ3n) is 3.76. The quantitative estimate of drug-likeness (QED) is 0.588. The smallest absolute Gasteiger partial charge is 0.220 e. The molecule has 2 aromatic carbocycles. The summed E-state index contributed by atoms with van der Waals surface area (Å²) in [5, 5.41) is 2.72. The molecule has 1 amide bonds. The van der Waals surface area contributed by atoms with Crippen molar-refractivity contribution in [2.75, 3.05) is 13.2 Å². The van der Waals surface area contributed by atoms with E-state index in [1.807, 2.05) is 32.0 Å². The van der Waals surface area contributed by atoms with Gasteiger partial charge in [-0.3, -0.25) is 9.59 Å². The molecular weight excluding hydrogens is 321 g/mol. The van der Waals surface area contributed by atoms with Gasteiger partial charge in [0.25, 0.3) is 0 Å². The first-order valence-corrected chi connectivity index (χ1v) is 8.21. The number of carbonyl (C=O) groups excluding carboxylic acids is 2. The molecule has 2 aromatic rings. The van der Waals surface area contributed by atoms with Gasteiger partial charge in [-0.15, -0.1) is 0 Å². The molecule has 0 aromatic heterocycles. The molecule has 0 spiro atoms. The summed E-state index contributed by atoms with van der Waals surface area (Å²) in [6, 6.07) is 11.2. The summed E-state index contributed by atoms with van der Waals surface area (Å²) >= 11 is 0. The predicted molar refractivity (Wildman–Crippen MR) is 94.4 cm³/mol. The van der Waals surface area contributed by atoms with Gasteiger partial charge < -0.3 is 10.1 Å². The van der Waals surface area contributed by atoms with Crippen molar-refractivity contribution in [2.45, 2.75) is 26.7 Å². The van der Waals surface area contributed by atoms with Gasteiger partial charge in [0.2, 0.25) is 5.91 Å². The zero-order valence-corrected chi connectivity index (χ0v) is 14.5. The minimum Gasteiger partial charge on any atom is -0.491 e. The minimum absolute atomic E-state index is 0.0927. The molecule has 25 heavy (non-hydrogen) atoms. The van der Waals surface area contributed by atoms with E-state index in [0.29, 0.717) is 18.7 Å². The van der Waals surface area contributed by atoms with Crippen molar-refractivity contribution in [3.05, 3.63) is 65.0 Å². The number of carbonyl (C=O) groups is 2. The first-order valence-electron chi connectivity index (χ1n) is 8.21. The van der Waals surface area contributed by atoms with Crippen molar-refractivity contribution in [1.29, 1.82) is 0 Å². The Labute approximate surface area is 147 Å². The number of halogens is 1. The zero-order chi connectivity index (χ0) is 18.2. The fourth-order valence-electron chi connectivity index (χ4n) is 2.41. The van der Waals surface area contributed by atoms with E-state index >= 15 is 0 Å². The first kappa shape index (κ1) is 18.6. The highest BCUT2D eigenvalue weighted by molar-refractivity contribution is 5.97. The van der Waals surface area contributed by atoms with Crippen molar-refractivity contribution in [1.82, 2.24) is 5.32 Å². The van der Waals surface area contributed by atoms with Crippen LogP contribution >= 0.6 is 0 Å². The van der Waals surface area contributed by atoms with Crippen molar-refractivity contribution in [2.24, 2.45) is 0 Å². The fraction of sp³-hybridized carbons (Fsp3) is 0.300.